The number of nitrogens with zero attached hydrogens (tertiary/aromatic N) is 3. The first kappa shape index (κ1) is 13.5. The maximum absolute atomic E-state index is 11.4. The lowest BCUT2D eigenvalue weighted by Crippen LogP contribution is -2.43. The summed E-state index contributed by atoms with van der Waals surface area (Å²) in [6, 6.07) is 0. The zero-order valence-electron chi connectivity index (χ0n) is 11.8. The molecular formula is C14H21N3O3. The number of piperidine rings is 1. The molecule has 1 aromatic rings. The van der Waals surface area contributed by atoms with E-state index < -0.39 is 11.4 Å². The van der Waals surface area contributed by atoms with Crippen LogP contribution in [0.1, 0.15) is 56.7 Å². The smallest absolute Gasteiger partial charge is 0.309 e. The minimum Gasteiger partial charge on any atom is -0.481 e. The van der Waals surface area contributed by atoms with Crippen LogP contribution in [0.25, 0.3) is 0 Å². The van der Waals surface area contributed by atoms with Gasteiger partial charge in [-0.15, -0.1) is 0 Å². The Balaban J connectivity index is 1.56. The summed E-state index contributed by atoms with van der Waals surface area (Å²) in [5.74, 6) is 1.35. The van der Waals surface area contributed by atoms with E-state index in [1.165, 1.54) is 12.8 Å². The lowest BCUT2D eigenvalue weighted by molar-refractivity contribution is -0.152. The van der Waals surface area contributed by atoms with Gasteiger partial charge in [0.05, 0.1) is 12.0 Å². The van der Waals surface area contributed by atoms with Gasteiger partial charge in [0, 0.05) is 5.92 Å². The van der Waals surface area contributed by atoms with Crippen molar-refractivity contribution in [1.82, 2.24) is 15.0 Å². The van der Waals surface area contributed by atoms with Gasteiger partial charge in [-0.3, -0.25) is 9.69 Å². The first-order valence-electron chi connectivity index (χ1n) is 7.41. The number of aliphatic carboxylic acids is 1. The standard InChI is InChI=1S/C14H21N3O3/c1-2-14(13(18)19)5-7-17(8-6-14)9-11-15-12(16-20-11)10-3-4-10/h10H,2-9H2,1H3,(H,18,19). The van der Waals surface area contributed by atoms with Gasteiger partial charge in [0.25, 0.3) is 0 Å². The summed E-state index contributed by atoms with van der Waals surface area (Å²) >= 11 is 0. The molecule has 1 saturated carbocycles. The molecule has 1 aliphatic carbocycles. The summed E-state index contributed by atoms with van der Waals surface area (Å²) < 4.78 is 5.28. The highest BCUT2D eigenvalue weighted by atomic mass is 16.5. The van der Waals surface area contributed by atoms with Crippen LogP contribution in [-0.4, -0.2) is 39.2 Å². The van der Waals surface area contributed by atoms with Crippen LogP contribution in [0.2, 0.25) is 0 Å². The van der Waals surface area contributed by atoms with Crippen LogP contribution >= 0.6 is 0 Å². The van der Waals surface area contributed by atoms with Crippen molar-refractivity contribution in [1.29, 1.82) is 0 Å². The van der Waals surface area contributed by atoms with Crippen LogP contribution in [0.4, 0.5) is 0 Å². The quantitative estimate of drug-likeness (QED) is 0.888. The summed E-state index contributed by atoms with van der Waals surface area (Å²) in [5, 5.41) is 13.4. The van der Waals surface area contributed by atoms with Crippen LogP contribution in [-0.2, 0) is 11.3 Å². The van der Waals surface area contributed by atoms with Crippen LogP contribution in [0, 0.1) is 5.41 Å². The monoisotopic (exact) mass is 279 g/mol. The van der Waals surface area contributed by atoms with E-state index in [-0.39, 0.29) is 0 Å². The molecule has 110 valence electrons. The van der Waals surface area contributed by atoms with Gasteiger partial charge in [-0.05, 0) is 45.2 Å². The van der Waals surface area contributed by atoms with Crippen molar-refractivity contribution >= 4 is 5.97 Å². The molecule has 0 amide bonds. The molecule has 2 heterocycles. The van der Waals surface area contributed by atoms with E-state index in [1.807, 2.05) is 6.92 Å². The van der Waals surface area contributed by atoms with Gasteiger partial charge >= 0.3 is 5.97 Å². The third-order valence-corrected chi connectivity index (χ3v) is 4.73. The van der Waals surface area contributed by atoms with Gasteiger partial charge in [-0.1, -0.05) is 12.1 Å². The average molecular weight is 279 g/mol. The molecule has 0 unspecified atom stereocenters. The van der Waals surface area contributed by atoms with Gasteiger partial charge in [0.2, 0.25) is 5.89 Å². The summed E-state index contributed by atoms with van der Waals surface area (Å²) in [6.07, 6.45) is 4.42. The zero-order chi connectivity index (χ0) is 14.2. The molecule has 1 N–H and O–H groups in total. The Labute approximate surface area is 118 Å². The molecule has 6 nitrogen and oxygen atoms in total. The number of likely N-dealkylation sites (tertiary alicyclic amines) is 1. The number of hydrogen-bond donors (Lipinski definition) is 1. The van der Waals surface area contributed by atoms with Crippen molar-refractivity contribution in [2.45, 2.75) is 51.5 Å². The molecule has 6 heteroatoms. The van der Waals surface area contributed by atoms with Gasteiger partial charge in [-0.25, -0.2) is 0 Å². The Morgan fingerprint density at radius 2 is 2.15 bits per heavy atom. The van der Waals surface area contributed by atoms with E-state index in [1.54, 1.807) is 0 Å². The number of carbonyl (C=O) groups is 1. The molecule has 1 aliphatic heterocycles. The number of carboxylic acid groups (broad SMARTS) is 1. The molecule has 0 spiro atoms. The molecule has 0 aromatic carbocycles. The van der Waals surface area contributed by atoms with Crippen LogP contribution in [0.3, 0.4) is 0 Å². The third kappa shape index (κ3) is 2.57. The maximum atomic E-state index is 11.4. The SMILES string of the molecule is CCC1(C(=O)O)CCN(Cc2nc(C3CC3)no2)CC1. The van der Waals surface area contributed by atoms with Crippen LogP contribution < -0.4 is 0 Å². The van der Waals surface area contributed by atoms with E-state index in [9.17, 15) is 9.90 Å². The Kier molecular flexibility index (Phi) is 3.50. The van der Waals surface area contributed by atoms with Crippen LogP contribution in [0.15, 0.2) is 4.52 Å². The molecule has 0 atom stereocenters. The van der Waals surface area contributed by atoms with E-state index in [0.29, 0.717) is 37.6 Å². The number of carboxylic acids is 1. The average Bonchev–Trinajstić information content (AvgIpc) is 3.20. The molecule has 0 radical (unpaired) electrons. The van der Waals surface area contributed by atoms with Crippen molar-refractivity contribution in [3.05, 3.63) is 11.7 Å². The second-order valence-electron chi connectivity index (χ2n) is 6.04. The van der Waals surface area contributed by atoms with E-state index in [0.717, 1.165) is 18.9 Å². The van der Waals surface area contributed by atoms with Crippen molar-refractivity contribution in [2.24, 2.45) is 5.41 Å². The van der Waals surface area contributed by atoms with Crippen molar-refractivity contribution < 1.29 is 14.4 Å². The second kappa shape index (κ2) is 5.16. The van der Waals surface area contributed by atoms with Gasteiger partial charge in [0.15, 0.2) is 5.82 Å². The predicted molar refractivity (Wildman–Crippen MR) is 71.1 cm³/mol. The van der Waals surface area contributed by atoms with Crippen molar-refractivity contribution in [2.75, 3.05) is 13.1 Å². The lowest BCUT2D eigenvalue weighted by atomic mass is 9.76. The van der Waals surface area contributed by atoms with Crippen molar-refractivity contribution in [3.63, 3.8) is 0 Å². The first-order valence-corrected chi connectivity index (χ1v) is 7.41. The zero-order valence-corrected chi connectivity index (χ0v) is 11.8. The Morgan fingerprint density at radius 1 is 1.45 bits per heavy atom. The van der Waals surface area contributed by atoms with E-state index >= 15 is 0 Å². The van der Waals surface area contributed by atoms with Crippen molar-refractivity contribution in [3.8, 4) is 0 Å². The number of hydrogen-bond acceptors (Lipinski definition) is 5. The van der Waals surface area contributed by atoms with E-state index in [2.05, 4.69) is 15.0 Å². The Morgan fingerprint density at radius 3 is 2.70 bits per heavy atom. The number of aromatic nitrogens is 2. The largest absolute Gasteiger partial charge is 0.481 e. The number of rotatable bonds is 5. The maximum Gasteiger partial charge on any atom is 0.309 e. The van der Waals surface area contributed by atoms with E-state index in [4.69, 9.17) is 4.52 Å². The minimum atomic E-state index is -0.659. The second-order valence-corrected chi connectivity index (χ2v) is 6.04. The summed E-state index contributed by atoms with van der Waals surface area (Å²) in [4.78, 5) is 18.0. The molecule has 20 heavy (non-hydrogen) atoms. The molecule has 1 saturated heterocycles. The topological polar surface area (TPSA) is 79.5 Å². The summed E-state index contributed by atoms with van der Waals surface area (Å²) in [7, 11) is 0. The fourth-order valence-electron chi connectivity index (χ4n) is 2.89. The highest BCUT2D eigenvalue weighted by molar-refractivity contribution is 5.74. The molecule has 2 fully saturated rings. The van der Waals surface area contributed by atoms with Gasteiger partial charge in [0.1, 0.15) is 0 Å². The highest BCUT2D eigenvalue weighted by Crippen LogP contribution is 2.38. The Bertz CT molecular complexity index is 488. The highest BCUT2D eigenvalue weighted by Gasteiger charge is 2.40. The van der Waals surface area contributed by atoms with Gasteiger partial charge in [-0.2, -0.15) is 4.98 Å². The Hall–Kier alpha value is -1.43. The lowest BCUT2D eigenvalue weighted by Gasteiger charge is -2.37. The molecule has 3 rings (SSSR count). The molecule has 1 aromatic heterocycles. The predicted octanol–water partition coefficient (Wildman–Crippen LogP) is 2.02. The molecular weight excluding hydrogens is 258 g/mol. The normalized spacial score (nSPS) is 22.9. The van der Waals surface area contributed by atoms with Crippen LogP contribution in [0.5, 0.6) is 0 Å². The third-order valence-electron chi connectivity index (χ3n) is 4.73. The van der Waals surface area contributed by atoms with Gasteiger partial charge < -0.3 is 9.63 Å². The first-order chi connectivity index (χ1) is 9.63. The summed E-state index contributed by atoms with van der Waals surface area (Å²) in [5.41, 5.74) is -0.537. The molecule has 2 aliphatic rings. The molecule has 0 bridgehead atoms. The minimum absolute atomic E-state index is 0.508. The summed E-state index contributed by atoms with van der Waals surface area (Å²) in [6.45, 7) is 4.16. The fourth-order valence-corrected chi connectivity index (χ4v) is 2.89. The fraction of sp³-hybridized carbons (Fsp3) is 0.786.